The predicted octanol–water partition coefficient (Wildman–Crippen LogP) is 15.9. The van der Waals surface area contributed by atoms with Gasteiger partial charge in [0.1, 0.15) is 0 Å². The first-order valence-corrected chi connectivity index (χ1v) is 25.2. The average Bonchev–Trinajstić information content (AvgIpc) is 3.33. The summed E-state index contributed by atoms with van der Waals surface area (Å²) in [6, 6.07) is 57.2. The smallest absolute Gasteiger partial charge is 0.329 e. The largest absolute Gasteiger partial charge is 0.376 e. The van der Waals surface area contributed by atoms with Crippen LogP contribution in [0, 0.1) is 20.8 Å². The summed E-state index contributed by atoms with van der Waals surface area (Å²) in [4.78, 5) is 5.29. The van der Waals surface area contributed by atoms with Crippen LogP contribution in [0.4, 0.5) is 28.4 Å². The summed E-state index contributed by atoms with van der Waals surface area (Å²) >= 11 is 0. The van der Waals surface area contributed by atoms with Crippen LogP contribution in [0.25, 0.3) is 33.0 Å². The van der Waals surface area contributed by atoms with E-state index in [-0.39, 0.29) is 23.6 Å². The van der Waals surface area contributed by atoms with E-state index >= 15 is 0 Å². The Morgan fingerprint density at radius 3 is 2.09 bits per heavy atom. The van der Waals surface area contributed by atoms with E-state index in [0.29, 0.717) is 0 Å². The Bertz CT molecular complexity index is 3280. The summed E-state index contributed by atoms with van der Waals surface area (Å²) in [7, 11) is 0. The van der Waals surface area contributed by atoms with Crippen molar-refractivity contribution in [3.05, 3.63) is 196 Å². The van der Waals surface area contributed by atoms with Crippen LogP contribution in [-0.4, -0.2) is 6.85 Å². The van der Waals surface area contributed by atoms with Gasteiger partial charge >= 0.3 is 6.85 Å². The molecule has 8 aromatic carbocycles. The molecule has 12 rings (SSSR count). The molecule has 2 nitrogen and oxygen atoms in total. The molecule has 67 heavy (non-hydrogen) atoms. The van der Waals surface area contributed by atoms with Crippen LogP contribution >= 0.6 is 0 Å². The van der Waals surface area contributed by atoms with Crippen molar-refractivity contribution in [1.29, 1.82) is 0 Å². The Labute approximate surface area is 399 Å². The lowest BCUT2D eigenvalue weighted by atomic mass is 9.39. The van der Waals surface area contributed by atoms with Crippen LogP contribution in [0.15, 0.2) is 146 Å². The number of fused-ring (bicyclic) bond motifs is 9. The van der Waals surface area contributed by atoms with Gasteiger partial charge in [-0.1, -0.05) is 162 Å². The molecule has 2 heterocycles. The van der Waals surface area contributed by atoms with Gasteiger partial charge in [-0.15, -0.1) is 0 Å². The van der Waals surface area contributed by atoms with Gasteiger partial charge in [-0.3, -0.25) is 0 Å². The number of nitrogens with zero attached hydrogens (tertiary/aromatic N) is 2. The molecule has 332 valence electrons. The quantitative estimate of drug-likeness (QED) is 0.111. The molecule has 1 atom stereocenters. The van der Waals surface area contributed by atoms with Gasteiger partial charge in [0, 0.05) is 39.9 Å². The fourth-order valence-electron chi connectivity index (χ4n) is 12.9. The van der Waals surface area contributed by atoms with Gasteiger partial charge in [0.05, 0.1) is 0 Å². The summed E-state index contributed by atoms with van der Waals surface area (Å²) in [5.41, 5.74) is 27.6. The summed E-state index contributed by atoms with van der Waals surface area (Å²) in [5.74, 6) is 0.277. The highest BCUT2D eigenvalue weighted by atomic mass is 15.2. The predicted molar refractivity (Wildman–Crippen MR) is 288 cm³/mol. The molecule has 3 heteroatoms. The molecule has 0 radical (unpaired) electrons. The first kappa shape index (κ1) is 42.1. The first-order chi connectivity index (χ1) is 32.4. The van der Waals surface area contributed by atoms with Crippen molar-refractivity contribution in [2.75, 3.05) is 9.71 Å². The van der Waals surface area contributed by atoms with E-state index in [1.807, 2.05) is 0 Å². The normalized spacial score (nSPS) is 16.7. The minimum Gasteiger partial charge on any atom is -0.376 e. The molecule has 2 aliphatic carbocycles. The topological polar surface area (TPSA) is 6.48 Å². The molecule has 0 amide bonds. The van der Waals surface area contributed by atoms with Crippen molar-refractivity contribution >= 4 is 57.0 Å². The Kier molecular flexibility index (Phi) is 9.81. The molecule has 0 aromatic heterocycles. The second-order valence-electron chi connectivity index (χ2n) is 21.9. The molecular formula is C64H63BN2. The van der Waals surface area contributed by atoms with E-state index in [0.717, 1.165) is 12.8 Å². The minimum atomic E-state index is -0.0113. The molecule has 0 N–H and O–H groups in total. The van der Waals surface area contributed by atoms with Crippen molar-refractivity contribution in [3.63, 3.8) is 0 Å². The molecule has 1 unspecified atom stereocenters. The fraction of sp³-hybridized carbons (Fsp3) is 0.281. The SMILES string of the molecule is CCCCCc1ccc(N(c2ccc(C)cc2)c2ccc3c(c2)N(c2cc4c(cc2C)C(C)(C)CCC4(C)C)B2c4cccc5c4C(Cc4ccc6ccccc6c4-5)c4cc(C)cc-3c42)cc1. The third-order valence-electron chi connectivity index (χ3n) is 16.5. The number of hydrogen-bond acceptors (Lipinski definition) is 2. The number of anilines is 5. The highest BCUT2D eigenvalue weighted by Gasteiger charge is 2.48. The molecule has 0 fully saturated rings. The molecule has 0 saturated heterocycles. The number of rotatable bonds is 8. The monoisotopic (exact) mass is 871 g/mol. The van der Waals surface area contributed by atoms with Gasteiger partial charge in [0.25, 0.3) is 0 Å². The maximum absolute atomic E-state index is 2.81. The molecule has 8 aromatic rings. The number of benzene rings is 8. The van der Waals surface area contributed by atoms with Gasteiger partial charge in [-0.2, -0.15) is 0 Å². The third kappa shape index (κ3) is 6.66. The molecule has 0 spiro atoms. The van der Waals surface area contributed by atoms with Gasteiger partial charge in [-0.05, 0) is 184 Å². The van der Waals surface area contributed by atoms with Crippen LogP contribution in [0.2, 0.25) is 0 Å². The second-order valence-corrected chi connectivity index (χ2v) is 21.9. The molecule has 0 bridgehead atoms. The van der Waals surface area contributed by atoms with E-state index in [4.69, 9.17) is 0 Å². The van der Waals surface area contributed by atoms with E-state index in [1.165, 1.54) is 155 Å². The summed E-state index contributed by atoms with van der Waals surface area (Å²) in [5, 5.41) is 2.67. The zero-order valence-electron chi connectivity index (χ0n) is 40.9. The summed E-state index contributed by atoms with van der Waals surface area (Å²) < 4.78 is 0. The number of hydrogen-bond donors (Lipinski definition) is 0. The van der Waals surface area contributed by atoms with E-state index in [9.17, 15) is 0 Å². The maximum atomic E-state index is 2.81. The summed E-state index contributed by atoms with van der Waals surface area (Å²) in [6.45, 7) is 19.1. The zero-order valence-corrected chi connectivity index (χ0v) is 40.9. The van der Waals surface area contributed by atoms with Crippen molar-refractivity contribution in [3.8, 4) is 22.3 Å². The maximum Gasteiger partial charge on any atom is 0.329 e. The van der Waals surface area contributed by atoms with Crippen LogP contribution in [-0.2, 0) is 23.7 Å². The third-order valence-corrected chi connectivity index (χ3v) is 16.5. The lowest BCUT2D eigenvalue weighted by Crippen LogP contribution is -2.62. The molecule has 0 saturated carbocycles. The van der Waals surface area contributed by atoms with Crippen molar-refractivity contribution < 1.29 is 0 Å². The van der Waals surface area contributed by atoms with Gasteiger partial charge in [-0.25, -0.2) is 0 Å². The molecule has 2 aliphatic heterocycles. The standard InChI is InChI=1S/C64H63BN2/c1-9-10-11-15-43-22-28-47(29-23-43)66(46-26-20-40(2)21-27-46)48-30-31-50-53-34-41(3)35-54-52-37-45-25-24-44-16-12-13-17-49(44)60(45)51-18-14-19-57(61(51)52)65(62(53)54)67(59(50)38-48)58-39-56-55(36-42(58)4)63(5,6)32-33-64(56,7)8/h12-14,16-31,34-36,38-39,52H,9-11,15,32-33,37H2,1-8H3. The average molecular weight is 871 g/mol. The minimum absolute atomic E-state index is 0.0113. The van der Waals surface area contributed by atoms with Crippen molar-refractivity contribution in [2.24, 2.45) is 0 Å². The second kappa shape index (κ2) is 15.6. The fourth-order valence-corrected chi connectivity index (χ4v) is 12.9. The van der Waals surface area contributed by atoms with Crippen LogP contribution in [0.5, 0.6) is 0 Å². The number of unbranched alkanes of at least 4 members (excludes halogenated alkanes) is 2. The van der Waals surface area contributed by atoms with Crippen LogP contribution < -0.4 is 20.6 Å². The Balaban J connectivity index is 1.13. The lowest BCUT2D eigenvalue weighted by Gasteiger charge is -2.48. The van der Waals surface area contributed by atoms with Gasteiger partial charge < -0.3 is 9.71 Å². The summed E-state index contributed by atoms with van der Waals surface area (Å²) in [6.07, 6.45) is 8.23. The van der Waals surface area contributed by atoms with Crippen molar-refractivity contribution in [1.82, 2.24) is 0 Å². The lowest BCUT2D eigenvalue weighted by molar-refractivity contribution is 0.332. The van der Waals surface area contributed by atoms with Crippen LogP contribution in [0.1, 0.15) is 123 Å². The highest BCUT2D eigenvalue weighted by molar-refractivity contribution is 6.92. The molecular weight excluding hydrogens is 808 g/mol. The van der Waals surface area contributed by atoms with Crippen molar-refractivity contribution in [2.45, 2.75) is 117 Å². The Morgan fingerprint density at radius 1 is 0.612 bits per heavy atom. The number of aryl methyl sites for hydroxylation is 4. The zero-order chi connectivity index (χ0) is 45.9. The van der Waals surface area contributed by atoms with E-state index in [1.54, 1.807) is 0 Å². The van der Waals surface area contributed by atoms with E-state index in [2.05, 4.69) is 211 Å². The Hall–Kier alpha value is -6.32. The van der Waals surface area contributed by atoms with Gasteiger partial charge in [0.2, 0.25) is 0 Å². The Morgan fingerprint density at radius 2 is 1.33 bits per heavy atom. The van der Waals surface area contributed by atoms with Crippen LogP contribution in [0.3, 0.4) is 0 Å². The van der Waals surface area contributed by atoms with Gasteiger partial charge in [0.15, 0.2) is 0 Å². The highest BCUT2D eigenvalue weighted by Crippen LogP contribution is 2.54. The van der Waals surface area contributed by atoms with E-state index < -0.39 is 0 Å². The molecule has 4 aliphatic rings. The first-order valence-electron chi connectivity index (χ1n) is 25.2.